The van der Waals surface area contributed by atoms with Gasteiger partial charge in [0, 0.05) is 12.1 Å². The highest BCUT2D eigenvalue weighted by atomic mass is 32.1. The molecule has 1 aromatic heterocycles. The van der Waals surface area contributed by atoms with Crippen molar-refractivity contribution >= 4 is 26.7 Å². The summed E-state index contributed by atoms with van der Waals surface area (Å²) in [6, 6.07) is 5.34. The molecule has 0 spiro atoms. The molecule has 1 fully saturated rings. The summed E-state index contributed by atoms with van der Waals surface area (Å²) >= 11 is 1.62. The number of hydrogen-bond donors (Lipinski definition) is 1. The maximum atomic E-state index is 13.2. The van der Waals surface area contributed by atoms with E-state index in [0.29, 0.717) is 17.9 Å². The number of benzene rings is 1. The normalized spacial score (nSPS) is 23.4. The molecule has 1 saturated carbocycles. The lowest BCUT2D eigenvalue weighted by molar-refractivity contribution is 0.254. The van der Waals surface area contributed by atoms with E-state index in [0.717, 1.165) is 15.3 Å². The predicted molar refractivity (Wildman–Crippen MR) is 83.8 cm³/mol. The number of nitrogens with zero attached hydrogens (tertiary/aromatic N) is 1. The first-order chi connectivity index (χ1) is 9.63. The predicted octanol–water partition coefficient (Wildman–Crippen LogP) is 5.06. The molecule has 108 valence electrons. The van der Waals surface area contributed by atoms with E-state index in [1.54, 1.807) is 11.3 Å². The van der Waals surface area contributed by atoms with Crippen molar-refractivity contribution in [3.8, 4) is 0 Å². The lowest BCUT2D eigenvalue weighted by atomic mass is 9.78. The topological polar surface area (TPSA) is 24.9 Å². The molecule has 1 heterocycles. The zero-order chi connectivity index (χ0) is 14.1. The van der Waals surface area contributed by atoms with Crippen LogP contribution in [0.4, 0.5) is 9.52 Å². The van der Waals surface area contributed by atoms with E-state index in [1.165, 1.54) is 37.8 Å². The zero-order valence-electron chi connectivity index (χ0n) is 12.0. The monoisotopic (exact) mass is 292 g/mol. The van der Waals surface area contributed by atoms with E-state index in [9.17, 15) is 4.39 Å². The van der Waals surface area contributed by atoms with E-state index in [-0.39, 0.29) is 5.82 Å². The van der Waals surface area contributed by atoms with Crippen LogP contribution in [0.25, 0.3) is 10.2 Å². The molecule has 0 radical (unpaired) electrons. The number of hydrogen-bond acceptors (Lipinski definition) is 3. The molecule has 2 aromatic rings. The number of fused-ring (bicyclic) bond motifs is 1. The van der Waals surface area contributed by atoms with E-state index in [2.05, 4.69) is 24.1 Å². The van der Waals surface area contributed by atoms with Crippen LogP contribution in [0.1, 0.15) is 39.5 Å². The molecule has 4 heteroatoms. The summed E-state index contributed by atoms with van der Waals surface area (Å²) in [6.45, 7) is 4.61. The third-order valence-electron chi connectivity index (χ3n) is 4.33. The largest absolute Gasteiger partial charge is 0.358 e. The van der Waals surface area contributed by atoms with Gasteiger partial charge in [-0.15, -0.1) is 0 Å². The van der Waals surface area contributed by atoms with Gasteiger partial charge in [-0.1, -0.05) is 38.0 Å². The Morgan fingerprint density at radius 2 is 2.10 bits per heavy atom. The van der Waals surface area contributed by atoms with Gasteiger partial charge in [0.15, 0.2) is 5.13 Å². The second-order valence-corrected chi connectivity index (χ2v) is 7.10. The highest BCUT2D eigenvalue weighted by Crippen LogP contribution is 2.34. The number of halogens is 1. The van der Waals surface area contributed by atoms with Gasteiger partial charge in [0.05, 0.1) is 10.2 Å². The second-order valence-electron chi connectivity index (χ2n) is 6.07. The molecule has 1 aromatic carbocycles. The summed E-state index contributed by atoms with van der Waals surface area (Å²) in [5, 5.41) is 4.54. The summed E-state index contributed by atoms with van der Waals surface area (Å²) in [7, 11) is 0. The molecule has 1 aliphatic carbocycles. The fourth-order valence-electron chi connectivity index (χ4n) is 3.26. The Morgan fingerprint density at radius 3 is 2.90 bits per heavy atom. The van der Waals surface area contributed by atoms with Gasteiger partial charge in [0.1, 0.15) is 5.82 Å². The molecule has 3 rings (SSSR count). The lowest BCUT2D eigenvalue weighted by Crippen LogP contribution is -2.35. The maximum absolute atomic E-state index is 13.2. The average Bonchev–Trinajstić information content (AvgIpc) is 2.80. The van der Waals surface area contributed by atoms with Crippen LogP contribution < -0.4 is 5.32 Å². The van der Waals surface area contributed by atoms with Crippen LogP contribution >= 0.6 is 11.3 Å². The Kier molecular flexibility index (Phi) is 3.92. The van der Waals surface area contributed by atoms with Crippen molar-refractivity contribution in [2.45, 2.75) is 45.6 Å². The molecule has 0 amide bonds. The summed E-state index contributed by atoms with van der Waals surface area (Å²) in [6.07, 6.45) is 5.15. The van der Waals surface area contributed by atoms with Crippen LogP contribution in [-0.4, -0.2) is 11.0 Å². The summed E-state index contributed by atoms with van der Waals surface area (Å²) < 4.78 is 14.3. The molecular weight excluding hydrogens is 271 g/mol. The molecular formula is C16H21FN2S. The molecule has 2 nitrogen and oxygen atoms in total. The van der Waals surface area contributed by atoms with Gasteiger partial charge < -0.3 is 5.32 Å². The van der Waals surface area contributed by atoms with Gasteiger partial charge in [0.25, 0.3) is 0 Å². The minimum Gasteiger partial charge on any atom is -0.358 e. The first-order valence-electron chi connectivity index (χ1n) is 7.46. The maximum Gasteiger partial charge on any atom is 0.184 e. The number of aromatic nitrogens is 1. The van der Waals surface area contributed by atoms with E-state index < -0.39 is 0 Å². The molecule has 0 aliphatic heterocycles. The average molecular weight is 292 g/mol. The molecule has 1 aliphatic rings. The van der Waals surface area contributed by atoms with Crippen LogP contribution in [0.15, 0.2) is 18.2 Å². The Morgan fingerprint density at radius 1 is 1.30 bits per heavy atom. The molecule has 0 bridgehead atoms. The summed E-state index contributed by atoms with van der Waals surface area (Å²) in [5.41, 5.74) is 0.759. The Hall–Kier alpha value is -1.16. The van der Waals surface area contributed by atoms with Crippen molar-refractivity contribution in [1.29, 1.82) is 0 Å². The standard InChI is InChI=1S/C16H21FN2S/c1-10(2)12-5-3-4-6-13(12)18-16-19-14-9-11(17)7-8-15(14)20-16/h7-10,12-13H,3-6H2,1-2H3,(H,18,19). The Balaban J connectivity index is 1.80. The van der Waals surface area contributed by atoms with Gasteiger partial charge >= 0.3 is 0 Å². The fraction of sp³-hybridized carbons (Fsp3) is 0.562. The fourth-order valence-corrected chi connectivity index (χ4v) is 4.17. The van der Waals surface area contributed by atoms with Crippen molar-refractivity contribution in [2.24, 2.45) is 11.8 Å². The lowest BCUT2D eigenvalue weighted by Gasteiger charge is -2.34. The van der Waals surface area contributed by atoms with Crippen molar-refractivity contribution in [2.75, 3.05) is 5.32 Å². The van der Waals surface area contributed by atoms with Crippen LogP contribution in [0.3, 0.4) is 0 Å². The number of rotatable bonds is 3. The number of anilines is 1. The van der Waals surface area contributed by atoms with Gasteiger partial charge in [0.2, 0.25) is 0 Å². The van der Waals surface area contributed by atoms with Gasteiger partial charge in [-0.25, -0.2) is 9.37 Å². The first-order valence-corrected chi connectivity index (χ1v) is 8.28. The highest BCUT2D eigenvalue weighted by molar-refractivity contribution is 7.22. The number of thiazole rings is 1. The van der Waals surface area contributed by atoms with Crippen LogP contribution in [-0.2, 0) is 0 Å². The highest BCUT2D eigenvalue weighted by Gasteiger charge is 2.28. The van der Waals surface area contributed by atoms with Crippen molar-refractivity contribution in [3.63, 3.8) is 0 Å². The van der Waals surface area contributed by atoms with Gasteiger partial charge in [-0.05, 0) is 36.8 Å². The zero-order valence-corrected chi connectivity index (χ0v) is 12.8. The van der Waals surface area contributed by atoms with E-state index in [1.807, 2.05) is 6.07 Å². The van der Waals surface area contributed by atoms with Gasteiger partial charge in [-0.3, -0.25) is 0 Å². The van der Waals surface area contributed by atoms with Crippen LogP contribution in [0, 0.1) is 17.7 Å². The third kappa shape index (κ3) is 2.80. The minimum absolute atomic E-state index is 0.216. The smallest absolute Gasteiger partial charge is 0.184 e. The first kappa shape index (κ1) is 13.8. The van der Waals surface area contributed by atoms with Gasteiger partial charge in [-0.2, -0.15) is 0 Å². The molecule has 1 N–H and O–H groups in total. The van der Waals surface area contributed by atoms with Crippen LogP contribution in [0.5, 0.6) is 0 Å². The quantitative estimate of drug-likeness (QED) is 0.855. The van der Waals surface area contributed by atoms with E-state index in [4.69, 9.17) is 0 Å². The van der Waals surface area contributed by atoms with Crippen LogP contribution in [0.2, 0.25) is 0 Å². The number of nitrogens with one attached hydrogen (secondary N) is 1. The van der Waals surface area contributed by atoms with Crippen molar-refractivity contribution < 1.29 is 4.39 Å². The van der Waals surface area contributed by atoms with Crippen molar-refractivity contribution in [3.05, 3.63) is 24.0 Å². The Labute approximate surface area is 123 Å². The molecule has 2 unspecified atom stereocenters. The van der Waals surface area contributed by atoms with E-state index >= 15 is 0 Å². The minimum atomic E-state index is -0.216. The molecule has 2 atom stereocenters. The summed E-state index contributed by atoms with van der Waals surface area (Å²) in [5.74, 6) is 1.19. The molecule has 20 heavy (non-hydrogen) atoms. The third-order valence-corrected chi connectivity index (χ3v) is 5.30. The SMILES string of the molecule is CC(C)C1CCCCC1Nc1nc2cc(F)ccc2s1. The molecule has 0 saturated heterocycles. The summed E-state index contributed by atoms with van der Waals surface area (Å²) in [4.78, 5) is 4.53. The van der Waals surface area contributed by atoms with Crippen molar-refractivity contribution in [1.82, 2.24) is 4.98 Å². The Bertz CT molecular complexity index is 593. The second kappa shape index (κ2) is 5.68.